The van der Waals surface area contributed by atoms with Crippen LogP contribution < -0.4 is 0 Å². The minimum absolute atomic E-state index is 0.147. The molecule has 1 aromatic rings. The second-order valence-electron chi connectivity index (χ2n) is 4.14. The van der Waals surface area contributed by atoms with Crippen molar-refractivity contribution < 1.29 is 19.1 Å². The summed E-state index contributed by atoms with van der Waals surface area (Å²) in [7, 11) is 0. The zero-order valence-corrected chi connectivity index (χ0v) is 11.2. The Labute approximate surface area is 111 Å². The van der Waals surface area contributed by atoms with E-state index in [4.69, 9.17) is 0 Å². The molecular weight excluding hydrogens is 251 g/mol. The Balaban J connectivity index is 3.46. The number of rotatable bonds is 5. The smallest absolute Gasteiger partial charge is 0.335 e. The minimum atomic E-state index is -1.56. The lowest BCUT2D eigenvalue weighted by Gasteiger charge is -2.38. The summed E-state index contributed by atoms with van der Waals surface area (Å²) in [5.74, 6) is -2.09. The van der Waals surface area contributed by atoms with Crippen LogP contribution in [0.1, 0.15) is 32.9 Å². The molecule has 1 heterocycles. The summed E-state index contributed by atoms with van der Waals surface area (Å²) >= 11 is 0. The standard InChI is InChI=1S/C13H17FN2O3/c1-4-13(12(18)19,16(5-2)9(3)17)11-7-6-10(14)8-15-11/h6-8H,4-5H2,1-3H3,(H,18,19). The maximum absolute atomic E-state index is 12.9. The molecule has 0 saturated heterocycles. The molecule has 0 aliphatic heterocycles. The van der Waals surface area contributed by atoms with Gasteiger partial charge in [-0.15, -0.1) is 0 Å². The van der Waals surface area contributed by atoms with E-state index >= 15 is 0 Å². The van der Waals surface area contributed by atoms with Crippen LogP contribution in [-0.4, -0.2) is 33.4 Å². The van der Waals surface area contributed by atoms with Crippen molar-refractivity contribution in [3.05, 3.63) is 29.8 Å². The summed E-state index contributed by atoms with van der Waals surface area (Å²) in [5, 5.41) is 9.57. The molecule has 6 heteroatoms. The molecule has 1 atom stereocenters. The maximum atomic E-state index is 12.9. The fourth-order valence-corrected chi connectivity index (χ4v) is 2.27. The summed E-state index contributed by atoms with van der Waals surface area (Å²) in [6, 6.07) is 2.45. The Kier molecular flexibility index (Phi) is 4.58. The molecule has 5 nitrogen and oxygen atoms in total. The number of halogens is 1. The number of carbonyl (C=O) groups is 2. The minimum Gasteiger partial charge on any atom is -0.479 e. The van der Waals surface area contributed by atoms with Gasteiger partial charge in [-0.2, -0.15) is 0 Å². The van der Waals surface area contributed by atoms with Gasteiger partial charge in [-0.1, -0.05) is 6.92 Å². The maximum Gasteiger partial charge on any atom is 0.335 e. The van der Waals surface area contributed by atoms with E-state index in [0.29, 0.717) is 0 Å². The van der Waals surface area contributed by atoms with Crippen LogP contribution in [0.4, 0.5) is 4.39 Å². The lowest BCUT2D eigenvalue weighted by atomic mass is 9.89. The molecule has 1 unspecified atom stereocenters. The molecule has 1 rings (SSSR count). The van der Waals surface area contributed by atoms with E-state index in [1.54, 1.807) is 13.8 Å². The summed E-state index contributed by atoms with van der Waals surface area (Å²) in [6.07, 6.45) is 1.10. The summed E-state index contributed by atoms with van der Waals surface area (Å²) in [5.41, 5.74) is -1.41. The van der Waals surface area contributed by atoms with Gasteiger partial charge < -0.3 is 10.0 Å². The van der Waals surface area contributed by atoms with Gasteiger partial charge in [-0.05, 0) is 25.5 Å². The van der Waals surface area contributed by atoms with E-state index in [-0.39, 0.29) is 24.6 Å². The van der Waals surface area contributed by atoms with Crippen molar-refractivity contribution in [1.29, 1.82) is 0 Å². The molecule has 1 amide bonds. The number of carboxylic acid groups (broad SMARTS) is 1. The molecule has 0 bridgehead atoms. The highest BCUT2D eigenvalue weighted by Gasteiger charge is 2.46. The van der Waals surface area contributed by atoms with Crippen LogP contribution in [0.3, 0.4) is 0 Å². The second-order valence-corrected chi connectivity index (χ2v) is 4.14. The van der Waals surface area contributed by atoms with Gasteiger partial charge in [0.1, 0.15) is 5.82 Å². The van der Waals surface area contributed by atoms with Gasteiger partial charge >= 0.3 is 5.97 Å². The number of aromatic nitrogens is 1. The van der Waals surface area contributed by atoms with Gasteiger partial charge in [0.05, 0.1) is 11.9 Å². The molecule has 0 radical (unpaired) electrons. The molecule has 0 fully saturated rings. The number of likely N-dealkylation sites (N-methyl/N-ethyl adjacent to an activating group) is 1. The third kappa shape index (κ3) is 2.57. The Morgan fingerprint density at radius 2 is 2.05 bits per heavy atom. The number of pyridine rings is 1. The number of hydrogen-bond acceptors (Lipinski definition) is 3. The van der Waals surface area contributed by atoms with Gasteiger partial charge in [-0.3, -0.25) is 9.78 Å². The topological polar surface area (TPSA) is 70.5 Å². The van der Waals surface area contributed by atoms with Gasteiger partial charge in [0, 0.05) is 13.5 Å². The quantitative estimate of drug-likeness (QED) is 0.883. The van der Waals surface area contributed by atoms with Gasteiger partial charge in [0.15, 0.2) is 5.54 Å². The average molecular weight is 268 g/mol. The first-order valence-electron chi connectivity index (χ1n) is 6.03. The van der Waals surface area contributed by atoms with Crippen LogP contribution in [0, 0.1) is 5.82 Å². The molecule has 104 valence electrons. The highest BCUT2D eigenvalue weighted by atomic mass is 19.1. The van der Waals surface area contributed by atoms with Gasteiger partial charge in [0.2, 0.25) is 5.91 Å². The Morgan fingerprint density at radius 1 is 1.42 bits per heavy atom. The number of amides is 1. The highest BCUT2D eigenvalue weighted by Crippen LogP contribution is 2.31. The number of carboxylic acids is 1. The predicted molar refractivity (Wildman–Crippen MR) is 66.9 cm³/mol. The lowest BCUT2D eigenvalue weighted by Crippen LogP contribution is -2.54. The summed E-state index contributed by atoms with van der Waals surface area (Å²) in [6.45, 7) is 4.89. The van der Waals surface area contributed by atoms with E-state index in [2.05, 4.69) is 4.98 Å². The molecule has 0 saturated carbocycles. The highest BCUT2D eigenvalue weighted by molar-refractivity contribution is 5.86. The fraction of sp³-hybridized carbons (Fsp3) is 0.462. The van der Waals surface area contributed by atoms with E-state index in [9.17, 15) is 19.1 Å². The van der Waals surface area contributed by atoms with Crippen molar-refractivity contribution in [3.8, 4) is 0 Å². The first kappa shape index (κ1) is 15.1. The van der Waals surface area contributed by atoms with Crippen LogP contribution in [0.25, 0.3) is 0 Å². The van der Waals surface area contributed by atoms with Crippen molar-refractivity contribution in [1.82, 2.24) is 9.88 Å². The Hall–Kier alpha value is -1.98. The van der Waals surface area contributed by atoms with E-state index < -0.39 is 17.3 Å². The molecule has 1 N–H and O–H groups in total. The zero-order chi connectivity index (χ0) is 14.6. The lowest BCUT2D eigenvalue weighted by molar-refractivity contribution is -0.160. The van der Waals surface area contributed by atoms with Crippen molar-refractivity contribution in [2.45, 2.75) is 32.7 Å². The third-order valence-corrected chi connectivity index (χ3v) is 3.17. The molecule has 0 aliphatic rings. The van der Waals surface area contributed by atoms with Crippen LogP contribution >= 0.6 is 0 Å². The number of hydrogen-bond donors (Lipinski definition) is 1. The first-order chi connectivity index (χ1) is 8.90. The zero-order valence-electron chi connectivity index (χ0n) is 11.2. The predicted octanol–water partition coefficient (Wildman–Crippen LogP) is 1.78. The molecule has 1 aromatic heterocycles. The second kappa shape index (κ2) is 5.77. The first-order valence-corrected chi connectivity index (χ1v) is 6.03. The van der Waals surface area contributed by atoms with Crippen molar-refractivity contribution in [2.24, 2.45) is 0 Å². The largest absolute Gasteiger partial charge is 0.479 e. The molecule has 0 aromatic carbocycles. The van der Waals surface area contributed by atoms with Crippen LogP contribution in [-0.2, 0) is 15.1 Å². The number of aliphatic carboxylic acids is 1. The van der Waals surface area contributed by atoms with E-state index in [1.807, 2.05) is 0 Å². The Morgan fingerprint density at radius 3 is 2.37 bits per heavy atom. The number of carbonyl (C=O) groups excluding carboxylic acids is 1. The van der Waals surface area contributed by atoms with Gasteiger partial charge in [0.25, 0.3) is 0 Å². The summed E-state index contributed by atoms with van der Waals surface area (Å²) < 4.78 is 12.9. The van der Waals surface area contributed by atoms with Crippen LogP contribution in [0.2, 0.25) is 0 Å². The summed E-state index contributed by atoms with van der Waals surface area (Å²) in [4.78, 5) is 28.5. The van der Waals surface area contributed by atoms with Gasteiger partial charge in [-0.25, -0.2) is 9.18 Å². The monoisotopic (exact) mass is 268 g/mol. The van der Waals surface area contributed by atoms with Crippen LogP contribution in [0.15, 0.2) is 18.3 Å². The average Bonchev–Trinajstić information content (AvgIpc) is 2.36. The molecule has 0 spiro atoms. The molecule has 19 heavy (non-hydrogen) atoms. The fourth-order valence-electron chi connectivity index (χ4n) is 2.27. The molecule has 0 aliphatic carbocycles. The third-order valence-electron chi connectivity index (χ3n) is 3.17. The van der Waals surface area contributed by atoms with Crippen molar-refractivity contribution in [2.75, 3.05) is 6.54 Å². The van der Waals surface area contributed by atoms with Crippen molar-refractivity contribution >= 4 is 11.9 Å². The van der Waals surface area contributed by atoms with E-state index in [1.165, 1.54) is 17.9 Å². The molecular formula is C13H17FN2O3. The normalized spacial score (nSPS) is 13.7. The van der Waals surface area contributed by atoms with Crippen molar-refractivity contribution in [3.63, 3.8) is 0 Å². The van der Waals surface area contributed by atoms with Crippen LogP contribution in [0.5, 0.6) is 0 Å². The Bertz CT molecular complexity index is 475. The number of nitrogens with zero attached hydrogens (tertiary/aromatic N) is 2. The van der Waals surface area contributed by atoms with E-state index in [0.717, 1.165) is 12.3 Å². The SMILES string of the molecule is CCN(C(C)=O)C(CC)(C(=O)O)c1ccc(F)cn1.